The number of alkyl halides is 3. The normalized spacial score (nSPS) is 16.0. The number of rotatable bonds is 4. The number of halogens is 3. The van der Waals surface area contributed by atoms with E-state index in [0.717, 1.165) is 36.6 Å². The van der Waals surface area contributed by atoms with Gasteiger partial charge in [-0.05, 0) is 62.7 Å². The van der Waals surface area contributed by atoms with Gasteiger partial charge in [-0.3, -0.25) is 0 Å². The van der Waals surface area contributed by atoms with Gasteiger partial charge in [0, 0.05) is 37.6 Å². The average Bonchev–Trinajstić information content (AvgIpc) is 3.08. The number of carbonyl (C=O) groups is 2. The van der Waals surface area contributed by atoms with E-state index >= 15 is 0 Å². The summed E-state index contributed by atoms with van der Waals surface area (Å²) in [4.78, 5) is 31.7. The zero-order valence-corrected chi connectivity index (χ0v) is 18.3. The maximum absolute atomic E-state index is 11.4. The van der Waals surface area contributed by atoms with Gasteiger partial charge in [0.2, 0.25) is 0 Å². The Kier molecular flexibility index (Phi) is 9.40. The zero-order valence-electron chi connectivity index (χ0n) is 18.3. The lowest BCUT2D eigenvalue weighted by molar-refractivity contribution is -0.192. The van der Waals surface area contributed by atoms with Gasteiger partial charge in [-0.2, -0.15) is 13.2 Å². The van der Waals surface area contributed by atoms with Crippen LogP contribution in [-0.2, 0) is 4.79 Å². The molecule has 2 aromatic rings. The molecule has 0 saturated carbocycles. The van der Waals surface area contributed by atoms with Gasteiger partial charge in [-0.1, -0.05) is 0 Å². The number of aliphatic carboxylic acids is 1. The van der Waals surface area contributed by atoms with Crippen LogP contribution in [0.5, 0.6) is 0 Å². The van der Waals surface area contributed by atoms with Crippen molar-refractivity contribution < 1.29 is 27.9 Å². The van der Waals surface area contributed by atoms with Crippen LogP contribution in [-0.4, -0.2) is 66.5 Å². The molecule has 1 aromatic heterocycles. The molecular weight excluding hydrogens is 441 g/mol. The largest absolute Gasteiger partial charge is 0.490 e. The maximum atomic E-state index is 11.4. The van der Waals surface area contributed by atoms with Crippen LogP contribution in [0, 0.1) is 0 Å². The molecule has 33 heavy (non-hydrogen) atoms. The Bertz CT molecular complexity index is 916. The summed E-state index contributed by atoms with van der Waals surface area (Å²) in [5, 5.41) is 15.8. The lowest BCUT2D eigenvalue weighted by atomic mass is 10.1. The first-order valence-electron chi connectivity index (χ1n) is 10.3. The van der Waals surface area contributed by atoms with Crippen LogP contribution in [0.25, 0.3) is 11.4 Å². The second-order valence-electron chi connectivity index (χ2n) is 7.27. The number of urea groups is 1. The highest BCUT2D eigenvalue weighted by Crippen LogP contribution is 2.23. The number of hydrogen-bond acceptors (Lipinski definition) is 6. The van der Waals surface area contributed by atoms with Gasteiger partial charge in [0.25, 0.3) is 0 Å². The van der Waals surface area contributed by atoms with E-state index in [0.29, 0.717) is 11.9 Å². The number of carbonyl (C=O) groups excluding carboxylic acids is 1. The molecule has 0 spiro atoms. The van der Waals surface area contributed by atoms with Crippen molar-refractivity contribution in [3.63, 3.8) is 0 Å². The summed E-state index contributed by atoms with van der Waals surface area (Å²) < 4.78 is 31.7. The molecule has 2 heterocycles. The van der Waals surface area contributed by atoms with E-state index in [4.69, 9.17) is 14.9 Å². The quantitative estimate of drug-likeness (QED) is 0.544. The fourth-order valence-corrected chi connectivity index (χ4v) is 3.16. The van der Waals surface area contributed by atoms with Crippen LogP contribution < -0.4 is 20.9 Å². The molecule has 3 rings (SSSR count). The molecule has 1 fully saturated rings. The van der Waals surface area contributed by atoms with Gasteiger partial charge in [0.15, 0.2) is 5.82 Å². The third-order valence-electron chi connectivity index (χ3n) is 4.97. The minimum atomic E-state index is -5.08. The fourth-order valence-electron chi connectivity index (χ4n) is 3.16. The molecule has 12 heteroatoms. The topological polar surface area (TPSA) is 119 Å². The first kappa shape index (κ1) is 25.8. The number of carboxylic acids is 1. The van der Waals surface area contributed by atoms with Crippen LogP contribution in [0.1, 0.15) is 19.3 Å². The minimum absolute atomic E-state index is 0.240. The smallest absolute Gasteiger partial charge is 0.475 e. The molecule has 1 unspecified atom stereocenters. The van der Waals surface area contributed by atoms with E-state index in [1.54, 1.807) is 13.2 Å². The predicted octanol–water partition coefficient (Wildman–Crippen LogP) is 3.11. The first-order chi connectivity index (χ1) is 15.6. The number of aromatic nitrogens is 2. The third kappa shape index (κ3) is 8.22. The zero-order chi connectivity index (χ0) is 24.4. The average molecular weight is 468 g/mol. The van der Waals surface area contributed by atoms with Gasteiger partial charge in [-0.25, -0.2) is 19.6 Å². The van der Waals surface area contributed by atoms with E-state index in [9.17, 15) is 18.0 Å². The summed E-state index contributed by atoms with van der Waals surface area (Å²) in [6, 6.07) is 9.74. The SMILES string of the molecule is CNC(=O)Nc1ccc(-c2nccc(N(C)C3CCCNCC3)n2)cc1.O=C(O)C(F)(F)F. The monoisotopic (exact) mass is 468 g/mol. The summed E-state index contributed by atoms with van der Waals surface area (Å²) in [5.41, 5.74) is 1.65. The Balaban J connectivity index is 0.000000479. The lowest BCUT2D eigenvalue weighted by Crippen LogP contribution is -2.33. The lowest BCUT2D eigenvalue weighted by Gasteiger charge is -2.28. The standard InChI is InChI=1S/C19H26N6O.C2HF3O2/c1-20-19(26)23-15-7-5-14(6-8-15)18-22-13-10-17(24-18)25(2)16-4-3-11-21-12-9-16;3-2(4,5)1(6)7/h5-8,10,13,16,21H,3-4,9,11-12H2,1-2H3,(H2,20,23,26);(H,6,7). The predicted molar refractivity (Wildman–Crippen MR) is 118 cm³/mol. The number of carboxylic acid groups (broad SMARTS) is 1. The van der Waals surface area contributed by atoms with Gasteiger partial charge in [-0.15, -0.1) is 0 Å². The van der Waals surface area contributed by atoms with Crippen molar-refractivity contribution in [1.82, 2.24) is 20.6 Å². The van der Waals surface area contributed by atoms with Crippen LogP contribution in [0.4, 0.5) is 29.5 Å². The van der Waals surface area contributed by atoms with Crippen molar-refractivity contribution in [2.45, 2.75) is 31.5 Å². The van der Waals surface area contributed by atoms with Crippen molar-refractivity contribution in [2.75, 3.05) is 37.4 Å². The van der Waals surface area contributed by atoms with Crippen molar-refractivity contribution in [3.8, 4) is 11.4 Å². The van der Waals surface area contributed by atoms with E-state index in [1.807, 2.05) is 30.3 Å². The van der Waals surface area contributed by atoms with Crippen molar-refractivity contribution >= 4 is 23.5 Å². The molecular formula is C21H27F3N6O3. The number of hydrogen-bond donors (Lipinski definition) is 4. The number of amides is 2. The van der Waals surface area contributed by atoms with E-state index < -0.39 is 12.1 Å². The minimum Gasteiger partial charge on any atom is -0.475 e. The summed E-state index contributed by atoms with van der Waals surface area (Å²) in [7, 11) is 3.70. The highest BCUT2D eigenvalue weighted by molar-refractivity contribution is 5.89. The van der Waals surface area contributed by atoms with Crippen molar-refractivity contribution in [3.05, 3.63) is 36.5 Å². The van der Waals surface area contributed by atoms with E-state index in [2.05, 4.69) is 32.9 Å². The second kappa shape index (κ2) is 12.0. The molecule has 2 amide bonds. The molecule has 0 aliphatic carbocycles. The summed E-state index contributed by atoms with van der Waals surface area (Å²) in [6.45, 7) is 2.14. The van der Waals surface area contributed by atoms with Crippen molar-refractivity contribution in [2.24, 2.45) is 0 Å². The summed E-state index contributed by atoms with van der Waals surface area (Å²) in [6.07, 6.45) is 0.199. The summed E-state index contributed by atoms with van der Waals surface area (Å²) >= 11 is 0. The Morgan fingerprint density at radius 3 is 2.42 bits per heavy atom. The maximum Gasteiger partial charge on any atom is 0.490 e. The van der Waals surface area contributed by atoms with E-state index in [-0.39, 0.29) is 6.03 Å². The molecule has 1 aliphatic rings. The Hall–Kier alpha value is -3.41. The molecule has 1 atom stereocenters. The molecule has 1 aliphatic heterocycles. The Labute approximate surface area is 189 Å². The van der Waals surface area contributed by atoms with Gasteiger partial charge >= 0.3 is 18.2 Å². The number of nitrogens with zero attached hydrogens (tertiary/aromatic N) is 3. The third-order valence-corrected chi connectivity index (χ3v) is 4.97. The molecule has 180 valence electrons. The van der Waals surface area contributed by atoms with Gasteiger partial charge in [0.1, 0.15) is 5.82 Å². The highest BCUT2D eigenvalue weighted by atomic mass is 19.4. The van der Waals surface area contributed by atoms with Crippen LogP contribution >= 0.6 is 0 Å². The fraction of sp³-hybridized carbons (Fsp3) is 0.429. The molecule has 0 radical (unpaired) electrons. The number of nitrogens with one attached hydrogen (secondary N) is 3. The summed E-state index contributed by atoms with van der Waals surface area (Å²) in [5.74, 6) is -1.13. The second-order valence-corrected chi connectivity index (χ2v) is 7.27. The number of anilines is 2. The van der Waals surface area contributed by atoms with E-state index in [1.165, 1.54) is 12.8 Å². The Morgan fingerprint density at radius 2 is 1.82 bits per heavy atom. The molecule has 4 N–H and O–H groups in total. The van der Waals surface area contributed by atoms with Crippen molar-refractivity contribution in [1.29, 1.82) is 0 Å². The molecule has 9 nitrogen and oxygen atoms in total. The van der Waals surface area contributed by atoms with Crippen LogP contribution in [0.15, 0.2) is 36.5 Å². The molecule has 1 saturated heterocycles. The Morgan fingerprint density at radius 1 is 1.15 bits per heavy atom. The van der Waals surface area contributed by atoms with Crippen LogP contribution in [0.3, 0.4) is 0 Å². The van der Waals surface area contributed by atoms with Crippen LogP contribution in [0.2, 0.25) is 0 Å². The number of benzene rings is 1. The van der Waals surface area contributed by atoms with Gasteiger partial charge < -0.3 is 26.0 Å². The highest BCUT2D eigenvalue weighted by Gasteiger charge is 2.38. The molecule has 0 bridgehead atoms. The first-order valence-corrected chi connectivity index (χ1v) is 10.3. The van der Waals surface area contributed by atoms with Gasteiger partial charge in [0.05, 0.1) is 0 Å². The molecule has 1 aromatic carbocycles.